The Morgan fingerprint density at radius 1 is 1.36 bits per heavy atom. The fraction of sp³-hybridized carbons (Fsp3) is 0.100. The molecule has 1 heterocycles. The second kappa shape index (κ2) is 3.44. The smallest absolute Gasteiger partial charge is 0.248 e. The fourth-order valence-corrected chi connectivity index (χ4v) is 1.69. The van der Waals surface area contributed by atoms with Crippen molar-refractivity contribution in [3.8, 4) is 0 Å². The van der Waals surface area contributed by atoms with Crippen LogP contribution < -0.4 is 11.3 Å². The van der Waals surface area contributed by atoms with E-state index in [1.165, 1.54) is 6.07 Å². The first-order valence-corrected chi connectivity index (χ1v) is 4.60. The molecule has 14 heavy (non-hydrogen) atoms. The number of pyridine rings is 1. The van der Waals surface area contributed by atoms with Crippen molar-refractivity contribution in [3.63, 3.8) is 0 Å². The van der Waals surface area contributed by atoms with Gasteiger partial charge in [0.1, 0.15) is 0 Å². The zero-order valence-corrected chi connectivity index (χ0v) is 8.14. The summed E-state index contributed by atoms with van der Waals surface area (Å²) in [7, 11) is 0. The standard InChI is InChI=1S/C10H9ClN2O/c11-8-4-6(5-12)3-7-1-2-9(14)13-10(7)8/h1-4H,5,12H2,(H,13,14). The van der Waals surface area contributed by atoms with Gasteiger partial charge in [0.05, 0.1) is 10.5 Å². The summed E-state index contributed by atoms with van der Waals surface area (Å²) in [6, 6.07) is 6.88. The quantitative estimate of drug-likeness (QED) is 0.749. The Hall–Kier alpha value is -1.32. The fourth-order valence-electron chi connectivity index (χ4n) is 1.40. The van der Waals surface area contributed by atoms with Crippen LogP contribution in [-0.4, -0.2) is 4.98 Å². The van der Waals surface area contributed by atoms with Crippen LogP contribution in [0.15, 0.2) is 29.1 Å². The number of aromatic nitrogens is 1. The van der Waals surface area contributed by atoms with Crippen molar-refractivity contribution in [3.05, 3.63) is 45.2 Å². The Labute approximate surface area is 85.5 Å². The molecule has 0 saturated carbocycles. The summed E-state index contributed by atoms with van der Waals surface area (Å²) in [5.74, 6) is 0. The number of hydrogen-bond donors (Lipinski definition) is 2. The van der Waals surface area contributed by atoms with Gasteiger partial charge in [-0.1, -0.05) is 11.6 Å². The molecule has 0 amide bonds. The molecule has 0 aliphatic heterocycles. The lowest BCUT2D eigenvalue weighted by Gasteiger charge is -2.03. The predicted octanol–water partition coefficient (Wildman–Crippen LogP) is 1.64. The third-order valence-corrected chi connectivity index (χ3v) is 2.38. The summed E-state index contributed by atoms with van der Waals surface area (Å²) in [6.45, 7) is 0.439. The zero-order valence-electron chi connectivity index (χ0n) is 7.38. The van der Waals surface area contributed by atoms with Gasteiger partial charge in [-0.2, -0.15) is 0 Å². The Morgan fingerprint density at radius 2 is 2.14 bits per heavy atom. The monoisotopic (exact) mass is 208 g/mol. The molecule has 0 spiro atoms. The number of H-pyrrole nitrogens is 1. The minimum absolute atomic E-state index is 0.153. The molecular weight excluding hydrogens is 200 g/mol. The normalized spacial score (nSPS) is 10.7. The number of aromatic amines is 1. The molecule has 0 saturated heterocycles. The highest BCUT2D eigenvalue weighted by molar-refractivity contribution is 6.35. The molecule has 4 heteroatoms. The van der Waals surface area contributed by atoms with Gasteiger partial charge in [0.15, 0.2) is 0 Å². The minimum Gasteiger partial charge on any atom is -0.326 e. The molecule has 0 unspecified atom stereocenters. The molecule has 2 rings (SSSR count). The van der Waals surface area contributed by atoms with E-state index in [0.29, 0.717) is 17.1 Å². The SMILES string of the molecule is NCc1cc(Cl)c2[nH]c(=O)ccc2c1. The van der Waals surface area contributed by atoms with Crippen LogP contribution in [0.25, 0.3) is 10.9 Å². The highest BCUT2D eigenvalue weighted by Crippen LogP contribution is 2.22. The minimum atomic E-state index is -0.153. The number of nitrogens with one attached hydrogen (secondary N) is 1. The van der Waals surface area contributed by atoms with E-state index in [2.05, 4.69) is 4.98 Å². The summed E-state index contributed by atoms with van der Waals surface area (Å²) in [4.78, 5) is 13.7. The number of fused-ring (bicyclic) bond motifs is 1. The highest BCUT2D eigenvalue weighted by Gasteiger charge is 2.01. The summed E-state index contributed by atoms with van der Waals surface area (Å²) in [5.41, 5.74) is 6.97. The first-order chi connectivity index (χ1) is 6.70. The topological polar surface area (TPSA) is 58.9 Å². The van der Waals surface area contributed by atoms with E-state index in [9.17, 15) is 4.79 Å². The third-order valence-electron chi connectivity index (χ3n) is 2.08. The van der Waals surface area contributed by atoms with E-state index in [1.807, 2.05) is 6.07 Å². The molecule has 0 radical (unpaired) electrons. The van der Waals surface area contributed by atoms with Crippen LogP contribution in [0.4, 0.5) is 0 Å². The molecule has 3 nitrogen and oxygen atoms in total. The van der Waals surface area contributed by atoms with Crippen LogP contribution in [-0.2, 0) is 6.54 Å². The van der Waals surface area contributed by atoms with E-state index in [4.69, 9.17) is 17.3 Å². The van der Waals surface area contributed by atoms with E-state index in [-0.39, 0.29) is 5.56 Å². The van der Waals surface area contributed by atoms with E-state index >= 15 is 0 Å². The van der Waals surface area contributed by atoms with Crippen molar-refractivity contribution in [2.45, 2.75) is 6.54 Å². The van der Waals surface area contributed by atoms with E-state index < -0.39 is 0 Å². The molecular formula is C10H9ClN2O. The van der Waals surface area contributed by atoms with Crippen molar-refractivity contribution in [1.82, 2.24) is 4.98 Å². The first-order valence-electron chi connectivity index (χ1n) is 4.22. The Bertz CT molecular complexity index is 533. The van der Waals surface area contributed by atoms with E-state index in [0.717, 1.165) is 10.9 Å². The van der Waals surface area contributed by atoms with E-state index in [1.54, 1.807) is 12.1 Å². The third kappa shape index (κ3) is 1.52. The van der Waals surface area contributed by atoms with Gasteiger partial charge in [0.25, 0.3) is 0 Å². The van der Waals surface area contributed by atoms with Crippen molar-refractivity contribution >= 4 is 22.5 Å². The molecule has 0 bridgehead atoms. The maximum Gasteiger partial charge on any atom is 0.248 e. The van der Waals surface area contributed by atoms with Crippen LogP contribution >= 0.6 is 11.6 Å². The maximum absolute atomic E-state index is 11.1. The molecule has 0 atom stereocenters. The number of benzene rings is 1. The van der Waals surface area contributed by atoms with Crippen LogP contribution in [0.1, 0.15) is 5.56 Å². The molecule has 0 fully saturated rings. The largest absolute Gasteiger partial charge is 0.326 e. The van der Waals surface area contributed by atoms with Gasteiger partial charge in [0, 0.05) is 18.0 Å². The summed E-state index contributed by atoms with van der Waals surface area (Å²) < 4.78 is 0. The summed E-state index contributed by atoms with van der Waals surface area (Å²) >= 11 is 5.99. The van der Waals surface area contributed by atoms with Gasteiger partial charge in [-0.3, -0.25) is 4.79 Å². The molecule has 2 aromatic rings. The lowest BCUT2D eigenvalue weighted by Crippen LogP contribution is -2.03. The first kappa shape index (κ1) is 9.24. The van der Waals surface area contributed by atoms with Gasteiger partial charge in [-0.25, -0.2) is 0 Å². The predicted molar refractivity (Wildman–Crippen MR) is 57.5 cm³/mol. The number of rotatable bonds is 1. The zero-order chi connectivity index (χ0) is 10.1. The number of hydrogen-bond acceptors (Lipinski definition) is 2. The number of halogens is 1. The second-order valence-electron chi connectivity index (χ2n) is 3.07. The van der Waals surface area contributed by atoms with Gasteiger partial charge >= 0.3 is 0 Å². The Balaban J connectivity index is 2.83. The van der Waals surface area contributed by atoms with Gasteiger partial charge in [-0.15, -0.1) is 0 Å². The van der Waals surface area contributed by atoms with Crippen molar-refractivity contribution in [1.29, 1.82) is 0 Å². The molecule has 1 aromatic carbocycles. The molecule has 1 aromatic heterocycles. The highest BCUT2D eigenvalue weighted by atomic mass is 35.5. The lowest BCUT2D eigenvalue weighted by atomic mass is 10.1. The van der Waals surface area contributed by atoms with Gasteiger partial charge in [-0.05, 0) is 23.8 Å². The molecule has 72 valence electrons. The van der Waals surface area contributed by atoms with Crippen LogP contribution in [0.3, 0.4) is 0 Å². The van der Waals surface area contributed by atoms with Crippen LogP contribution in [0.5, 0.6) is 0 Å². The summed E-state index contributed by atoms with van der Waals surface area (Å²) in [6.07, 6.45) is 0. The average molecular weight is 209 g/mol. The Morgan fingerprint density at radius 3 is 2.86 bits per heavy atom. The number of nitrogens with two attached hydrogens (primary N) is 1. The molecule has 3 N–H and O–H groups in total. The van der Waals surface area contributed by atoms with Gasteiger partial charge in [0.2, 0.25) is 5.56 Å². The van der Waals surface area contributed by atoms with Crippen LogP contribution in [0.2, 0.25) is 5.02 Å². The molecule has 0 aliphatic rings. The van der Waals surface area contributed by atoms with Crippen molar-refractivity contribution in [2.75, 3.05) is 0 Å². The van der Waals surface area contributed by atoms with Crippen LogP contribution in [0, 0.1) is 0 Å². The maximum atomic E-state index is 11.1. The molecule has 0 aliphatic carbocycles. The Kier molecular flexibility index (Phi) is 2.27. The average Bonchev–Trinajstić information content (AvgIpc) is 2.19. The van der Waals surface area contributed by atoms with Crippen molar-refractivity contribution in [2.24, 2.45) is 5.73 Å². The van der Waals surface area contributed by atoms with Gasteiger partial charge < -0.3 is 10.7 Å². The summed E-state index contributed by atoms with van der Waals surface area (Å²) in [5, 5.41) is 1.43. The van der Waals surface area contributed by atoms with Crippen molar-refractivity contribution < 1.29 is 0 Å². The lowest BCUT2D eigenvalue weighted by molar-refractivity contribution is 1.07. The second-order valence-corrected chi connectivity index (χ2v) is 3.48.